The fourth-order valence-electron chi connectivity index (χ4n) is 1.67. The Labute approximate surface area is 117 Å². The molecule has 0 amide bonds. The molecule has 0 fully saturated rings. The molecule has 1 aromatic carbocycles. The van der Waals surface area contributed by atoms with Crippen LogP contribution in [0.25, 0.3) is 0 Å². The maximum Gasteiger partial charge on any atom is 0.243 e. The summed E-state index contributed by atoms with van der Waals surface area (Å²) in [5, 5.41) is 4.99. The van der Waals surface area contributed by atoms with Gasteiger partial charge in [-0.05, 0) is 44.5 Å². The number of aryl methyl sites for hydroxylation is 2. The molecule has 5 heteroatoms. The number of nitrogens with one attached hydrogen (secondary N) is 1. The van der Waals surface area contributed by atoms with Crippen LogP contribution in [0.3, 0.4) is 0 Å². The zero-order valence-corrected chi connectivity index (χ0v) is 11.9. The molecule has 4 nitrogen and oxygen atoms in total. The normalized spacial score (nSPS) is 11.5. The lowest BCUT2D eigenvalue weighted by Crippen LogP contribution is -2.03. The molecule has 0 unspecified atom stereocenters. The highest BCUT2D eigenvalue weighted by molar-refractivity contribution is 6.30. The van der Waals surface area contributed by atoms with Gasteiger partial charge in [-0.15, -0.1) is 0 Å². The molecule has 98 valence electrons. The van der Waals surface area contributed by atoms with Gasteiger partial charge in [0.25, 0.3) is 0 Å². The Morgan fingerprint density at radius 3 is 2.26 bits per heavy atom. The van der Waals surface area contributed by atoms with Gasteiger partial charge in [-0.1, -0.05) is 23.7 Å². The van der Waals surface area contributed by atoms with E-state index in [4.69, 9.17) is 11.6 Å². The standard InChI is InChI=1S/C14H15ClN4/c1-9-8-10(2)17-14(16-9)19-18-11(3)12-4-6-13(15)7-5-12/h4-8H,1-3H3,(H,16,17,19). The van der Waals surface area contributed by atoms with Crippen LogP contribution in [0.4, 0.5) is 5.95 Å². The summed E-state index contributed by atoms with van der Waals surface area (Å²) in [5.41, 5.74) is 6.54. The average Bonchev–Trinajstić information content (AvgIpc) is 2.36. The van der Waals surface area contributed by atoms with E-state index >= 15 is 0 Å². The Bertz CT molecular complexity index is 585. The maximum absolute atomic E-state index is 5.85. The van der Waals surface area contributed by atoms with Crippen molar-refractivity contribution in [1.29, 1.82) is 0 Å². The van der Waals surface area contributed by atoms with Crippen LogP contribution < -0.4 is 5.43 Å². The number of benzene rings is 1. The average molecular weight is 275 g/mol. The van der Waals surface area contributed by atoms with Crippen molar-refractivity contribution in [3.63, 3.8) is 0 Å². The summed E-state index contributed by atoms with van der Waals surface area (Å²) >= 11 is 5.85. The van der Waals surface area contributed by atoms with Crippen LogP contribution in [0.15, 0.2) is 35.4 Å². The number of nitrogens with zero attached hydrogens (tertiary/aromatic N) is 3. The summed E-state index contributed by atoms with van der Waals surface area (Å²) in [6.07, 6.45) is 0. The third-order valence-corrected chi connectivity index (χ3v) is 2.82. The fourth-order valence-corrected chi connectivity index (χ4v) is 1.79. The molecule has 0 radical (unpaired) electrons. The Balaban J connectivity index is 2.15. The zero-order chi connectivity index (χ0) is 13.8. The summed E-state index contributed by atoms with van der Waals surface area (Å²) in [6, 6.07) is 9.43. The first kappa shape index (κ1) is 13.5. The second kappa shape index (κ2) is 5.80. The van der Waals surface area contributed by atoms with Crippen molar-refractivity contribution in [3.8, 4) is 0 Å². The molecule has 2 rings (SSSR count). The van der Waals surface area contributed by atoms with Crippen molar-refractivity contribution in [2.45, 2.75) is 20.8 Å². The fraction of sp³-hybridized carbons (Fsp3) is 0.214. The van der Waals surface area contributed by atoms with E-state index in [2.05, 4.69) is 20.5 Å². The highest BCUT2D eigenvalue weighted by Gasteiger charge is 2.00. The Kier molecular flexibility index (Phi) is 4.12. The van der Waals surface area contributed by atoms with Crippen molar-refractivity contribution >= 4 is 23.3 Å². The van der Waals surface area contributed by atoms with Gasteiger partial charge in [0.2, 0.25) is 5.95 Å². The van der Waals surface area contributed by atoms with Crippen molar-refractivity contribution in [2.75, 3.05) is 5.43 Å². The highest BCUT2D eigenvalue weighted by atomic mass is 35.5. The van der Waals surface area contributed by atoms with E-state index in [9.17, 15) is 0 Å². The SMILES string of the molecule is CC(=NNc1nc(C)cc(C)n1)c1ccc(Cl)cc1. The summed E-state index contributed by atoms with van der Waals surface area (Å²) in [5.74, 6) is 0.505. The second-order valence-electron chi connectivity index (χ2n) is 4.29. The van der Waals surface area contributed by atoms with Crippen molar-refractivity contribution in [2.24, 2.45) is 5.10 Å². The number of hydrazone groups is 1. The molecule has 1 aromatic heterocycles. The number of aromatic nitrogens is 2. The minimum Gasteiger partial charge on any atom is -0.245 e. The van der Waals surface area contributed by atoms with Gasteiger partial charge in [0.05, 0.1) is 5.71 Å². The van der Waals surface area contributed by atoms with Gasteiger partial charge in [0.1, 0.15) is 0 Å². The van der Waals surface area contributed by atoms with Crippen LogP contribution in [-0.2, 0) is 0 Å². The van der Waals surface area contributed by atoms with Crippen LogP contribution in [-0.4, -0.2) is 15.7 Å². The molecule has 0 saturated heterocycles. The molecule has 0 aliphatic rings. The minimum atomic E-state index is 0.505. The number of anilines is 1. The lowest BCUT2D eigenvalue weighted by atomic mass is 10.1. The topological polar surface area (TPSA) is 50.2 Å². The number of hydrogen-bond donors (Lipinski definition) is 1. The molecule has 0 spiro atoms. The minimum absolute atomic E-state index is 0.505. The summed E-state index contributed by atoms with van der Waals surface area (Å²) in [6.45, 7) is 5.77. The lowest BCUT2D eigenvalue weighted by molar-refractivity contribution is 1.03. The first-order valence-electron chi connectivity index (χ1n) is 5.93. The quantitative estimate of drug-likeness (QED) is 0.687. The summed E-state index contributed by atoms with van der Waals surface area (Å²) in [7, 11) is 0. The Hall–Kier alpha value is -1.94. The molecule has 0 bridgehead atoms. The summed E-state index contributed by atoms with van der Waals surface area (Å²) in [4.78, 5) is 8.53. The summed E-state index contributed by atoms with van der Waals surface area (Å²) < 4.78 is 0. The molecular weight excluding hydrogens is 260 g/mol. The largest absolute Gasteiger partial charge is 0.245 e. The highest BCUT2D eigenvalue weighted by Crippen LogP contribution is 2.10. The molecular formula is C14H15ClN4. The second-order valence-corrected chi connectivity index (χ2v) is 4.73. The Morgan fingerprint density at radius 1 is 1.11 bits per heavy atom. The monoisotopic (exact) mass is 274 g/mol. The van der Waals surface area contributed by atoms with Crippen LogP contribution in [0.2, 0.25) is 5.02 Å². The van der Waals surface area contributed by atoms with Gasteiger partial charge in [-0.3, -0.25) is 0 Å². The predicted molar refractivity (Wildman–Crippen MR) is 78.8 cm³/mol. The molecule has 19 heavy (non-hydrogen) atoms. The van der Waals surface area contributed by atoms with Crippen LogP contribution in [0.1, 0.15) is 23.9 Å². The molecule has 0 aliphatic carbocycles. The van der Waals surface area contributed by atoms with E-state index in [1.54, 1.807) is 0 Å². The van der Waals surface area contributed by atoms with E-state index in [1.807, 2.05) is 51.1 Å². The first-order valence-corrected chi connectivity index (χ1v) is 6.31. The van der Waals surface area contributed by atoms with E-state index in [1.165, 1.54) is 0 Å². The predicted octanol–water partition coefficient (Wildman–Crippen LogP) is 3.58. The van der Waals surface area contributed by atoms with Crippen molar-refractivity contribution in [1.82, 2.24) is 9.97 Å². The molecule has 0 saturated carbocycles. The zero-order valence-electron chi connectivity index (χ0n) is 11.1. The maximum atomic E-state index is 5.85. The van der Waals surface area contributed by atoms with Crippen molar-refractivity contribution in [3.05, 3.63) is 52.3 Å². The van der Waals surface area contributed by atoms with Crippen LogP contribution in [0, 0.1) is 13.8 Å². The third-order valence-electron chi connectivity index (χ3n) is 2.57. The van der Waals surface area contributed by atoms with Gasteiger partial charge in [-0.25, -0.2) is 15.4 Å². The van der Waals surface area contributed by atoms with Gasteiger partial charge in [0.15, 0.2) is 0 Å². The number of rotatable bonds is 3. The third kappa shape index (κ3) is 3.76. The molecule has 0 atom stereocenters. The van der Waals surface area contributed by atoms with Gasteiger partial charge >= 0.3 is 0 Å². The molecule has 2 aromatic rings. The van der Waals surface area contributed by atoms with Crippen molar-refractivity contribution < 1.29 is 0 Å². The first-order chi connectivity index (χ1) is 9.04. The van der Waals surface area contributed by atoms with E-state index in [-0.39, 0.29) is 0 Å². The van der Waals surface area contributed by atoms with Crippen LogP contribution >= 0.6 is 11.6 Å². The lowest BCUT2D eigenvalue weighted by Gasteiger charge is -2.04. The van der Waals surface area contributed by atoms with Gasteiger partial charge in [0, 0.05) is 16.4 Å². The number of halogens is 1. The van der Waals surface area contributed by atoms with Gasteiger partial charge in [-0.2, -0.15) is 5.10 Å². The van der Waals surface area contributed by atoms with Gasteiger partial charge < -0.3 is 0 Å². The van der Waals surface area contributed by atoms with E-state index < -0.39 is 0 Å². The van der Waals surface area contributed by atoms with E-state index in [0.29, 0.717) is 11.0 Å². The molecule has 1 N–H and O–H groups in total. The van der Waals surface area contributed by atoms with Crippen LogP contribution in [0.5, 0.6) is 0 Å². The molecule has 1 heterocycles. The Morgan fingerprint density at radius 2 is 1.68 bits per heavy atom. The smallest absolute Gasteiger partial charge is 0.243 e. The van der Waals surface area contributed by atoms with E-state index in [0.717, 1.165) is 22.7 Å². The number of hydrogen-bond acceptors (Lipinski definition) is 4. The molecule has 0 aliphatic heterocycles.